The molecule has 1 unspecified atom stereocenters. The zero-order chi connectivity index (χ0) is 24.3. The summed E-state index contributed by atoms with van der Waals surface area (Å²) in [5, 5.41) is 17.1. The lowest BCUT2D eigenvalue weighted by Gasteiger charge is -2.27. The number of nitrogens with zero attached hydrogens (tertiary/aromatic N) is 3. The first kappa shape index (κ1) is 23.9. The van der Waals surface area contributed by atoms with Gasteiger partial charge in [0, 0.05) is 30.0 Å². The molecule has 1 N–H and O–H groups in total. The zero-order valence-corrected chi connectivity index (χ0v) is 20.4. The second kappa shape index (κ2) is 9.95. The van der Waals surface area contributed by atoms with Gasteiger partial charge in [-0.05, 0) is 62.4 Å². The van der Waals surface area contributed by atoms with Crippen molar-refractivity contribution in [3.05, 3.63) is 53.1 Å². The molecule has 9 heteroatoms. The topological polar surface area (TPSA) is 118 Å². The zero-order valence-electron chi connectivity index (χ0n) is 19.5. The van der Waals surface area contributed by atoms with Gasteiger partial charge in [-0.25, -0.2) is 8.42 Å². The van der Waals surface area contributed by atoms with E-state index in [1.807, 2.05) is 26.0 Å². The molecule has 0 bridgehead atoms. The Morgan fingerprint density at radius 1 is 1.29 bits per heavy atom. The van der Waals surface area contributed by atoms with Crippen LogP contribution < -0.4 is 10.1 Å². The summed E-state index contributed by atoms with van der Waals surface area (Å²) in [6, 6.07) is 13.5. The van der Waals surface area contributed by atoms with Crippen LogP contribution in [0.4, 0.5) is 0 Å². The van der Waals surface area contributed by atoms with E-state index in [1.54, 1.807) is 18.2 Å². The number of ether oxygens (including phenoxy) is 1. The number of rotatable bonds is 8. The van der Waals surface area contributed by atoms with Crippen LogP contribution in [0.1, 0.15) is 49.4 Å². The highest BCUT2D eigenvalue weighted by molar-refractivity contribution is 7.90. The van der Waals surface area contributed by atoms with Crippen molar-refractivity contribution in [2.45, 2.75) is 45.3 Å². The van der Waals surface area contributed by atoms with Crippen LogP contribution in [0.2, 0.25) is 0 Å². The quantitative estimate of drug-likeness (QED) is 0.512. The average Bonchev–Trinajstić information content (AvgIpc) is 3.28. The number of fused-ring (bicyclic) bond motifs is 1. The van der Waals surface area contributed by atoms with Crippen molar-refractivity contribution in [2.75, 3.05) is 18.6 Å². The maximum absolute atomic E-state index is 11.5. The molecule has 4 rings (SSSR count). The molecule has 1 aromatic heterocycles. The minimum absolute atomic E-state index is 0.0399. The van der Waals surface area contributed by atoms with Crippen LogP contribution in [0.15, 0.2) is 40.9 Å². The fraction of sp³-hybridized carbons (Fsp3) is 0.400. The van der Waals surface area contributed by atoms with Crippen LogP contribution in [0.5, 0.6) is 5.75 Å². The number of sulfone groups is 1. The highest BCUT2D eigenvalue weighted by atomic mass is 32.2. The summed E-state index contributed by atoms with van der Waals surface area (Å²) in [4.78, 5) is 4.62. The van der Waals surface area contributed by atoms with Gasteiger partial charge in [0.2, 0.25) is 5.82 Å². The third kappa shape index (κ3) is 5.46. The summed E-state index contributed by atoms with van der Waals surface area (Å²) in [6.45, 7) is 4.23. The van der Waals surface area contributed by atoms with Gasteiger partial charge < -0.3 is 14.6 Å². The molecule has 0 spiro atoms. The molecule has 0 fully saturated rings. The molecule has 2 aromatic carbocycles. The van der Waals surface area contributed by atoms with Crippen LogP contribution >= 0.6 is 0 Å². The van der Waals surface area contributed by atoms with Gasteiger partial charge in [0.15, 0.2) is 0 Å². The van der Waals surface area contributed by atoms with Crippen molar-refractivity contribution in [3.8, 4) is 34.7 Å². The number of nitriles is 1. The van der Waals surface area contributed by atoms with E-state index in [0.717, 1.165) is 36.0 Å². The van der Waals surface area contributed by atoms with Gasteiger partial charge in [-0.2, -0.15) is 10.2 Å². The molecule has 1 aliphatic rings. The van der Waals surface area contributed by atoms with Crippen molar-refractivity contribution < 1.29 is 17.7 Å². The van der Waals surface area contributed by atoms with E-state index < -0.39 is 9.84 Å². The van der Waals surface area contributed by atoms with Gasteiger partial charge in [-0.1, -0.05) is 23.4 Å². The summed E-state index contributed by atoms with van der Waals surface area (Å²) >= 11 is 0. The van der Waals surface area contributed by atoms with E-state index in [9.17, 15) is 13.7 Å². The maximum Gasteiger partial charge on any atom is 0.258 e. The molecule has 1 atom stereocenters. The van der Waals surface area contributed by atoms with E-state index in [0.29, 0.717) is 35.1 Å². The first-order valence-corrected chi connectivity index (χ1v) is 13.4. The highest BCUT2D eigenvalue weighted by Gasteiger charge is 2.24. The molecule has 0 amide bonds. The van der Waals surface area contributed by atoms with Crippen molar-refractivity contribution in [2.24, 2.45) is 0 Å². The van der Waals surface area contributed by atoms with E-state index in [4.69, 9.17) is 9.26 Å². The summed E-state index contributed by atoms with van der Waals surface area (Å²) < 4.78 is 34.2. The molecular weight excluding hydrogens is 452 g/mol. The fourth-order valence-corrected chi connectivity index (χ4v) is 4.73. The molecule has 1 heterocycles. The Balaban J connectivity index is 1.60. The Kier molecular flexibility index (Phi) is 7.00. The summed E-state index contributed by atoms with van der Waals surface area (Å²) in [7, 11) is -3.01. The van der Waals surface area contributed by atoms with Gasteiger partial charge in [0.1, 0.15) is 21.7 Å². The third-order valence-electron chi connectivity index (χ3n) is 5.75. The van der Waals surface area contributed by atoms with E-state index in [1.165, 1.54) is 6.26 Å². The number of hydrogen-bond donors (Lipinski definition) is 1. The SMILES string of the molecule is CC(C)Oc1ccc(-c2nc(-c3cccc4c3CCCC4NCCS(C)(=O)=O)no2)cc1C#N. The standard InChI is InChI=1S/C25H28N4O4S/c1-16(2)32-23-11-10-17(14-18(23)15-26)25-28-24(29-33-25)21-8-4-7-20-19(21)6-5-9-22(20)27-12-13-34(3,30)31/h4,7-8,10-11,14,16,22,27H,5-6,9,12-13H2,1-3H3. The summed E-state index contributed by atoms with van der Waals surface area (Å²) in [6.07, 6.45) is 4.02. The largest absolute Gasteiger partial charge is 0.490 e. The van der Waals surface area contributed by atoms with Crippen molar-refractivity contribution in [1.82, 2.24) is 15.5 Å². The Bertz CT molecular complexity index is 1320. The molecule has 8 nitrogen and oxygen atoms in total. The lowest BCUT2D eigenvalue weighted by Crippen LogP contribution is -2.29. The molecule has 178 valence electrons. The van der Waals surface area contributed by atoms with E-state index in [-0.39, 0.29) is 17.9 Å². The number of nitrogens with one attached hydrogen (secondary N) is 1. The van der Waals surface area contributed by atoms with E-state index in [2.05, 4.69) is 27.6 Å². The molecule has 1 aliphatic carbocycles. The molecule has 3 aromatic rings. The maximum atomic E-state index is 11.5. The summed E-state index contributed by atoms with van der Waals surface area (Å²) in [5.41, 5.74) is 4.26. The molecule has 0 saturated heterocycles. The molecule has 34 heavy (non-hydrogen) atoms. The Morgan fingerprint density at radius 3 is 2.85 bits per heavy atom. The van der Waals surface area contributed by atoms with Crippen LogP contribution in [0.3, 0.4) is 0 Å². The molecule has 0 radical (unpaired) electrons. The van der Waals surface area contributed by atoms with Gasteiger partial charge in [-0.3, -0.25) is 0 Å². The van der Waals surface area contributed by atoms with Crippen molar-refractivity contribution in [3.63, 3.8) is 0 Å². The minimum Gasteiger partial charge on any atom is -0.490 e. The average molecular weight is 481 g/mol. The van der Waals surface area contributed by atoms with Crippen LogP contribution in [0.25, 0.3) is 22.8 Å². The molecule has 0 aliphatic heterocycles. The third-order valence-corrected chi connectivity index (χ3v) is 6.69. The van der Waals surface area contributed by atoms with Gasteiger partial charge in [-0.15, -0.1) is 0 Å². The van der Waals surface area contributed by atoms with E-state index >= 15 is 0 Å². The second-order valence-electron chi connectivity index (χ2n) is 8.81. The number of hydrogen-bond acceptors (Lipinski definition) is 8. The number of benzene rings is 2. The summed E-state index contributed by atoms with van der Waals surface area (Å²) in [5.74, 6) is 1.45. The second-order valence-corrected chi connectivity index (χ2v) is 11.1. The Hall–Kier alpha value is -3.22. The van der Waals surface area contributed by atoms with Crippen LogP contribution in [0, 0.1) is 11.3 Å². The van der Waals surface area contributed by atoms with Crippen molar-refractivity contribution >= 4 is 9.84 Å². The minimum atomic E-state index is -3.01. The van der Waals surface area contributed by atoms with Crippen molar-refractivity contribution in [1.29, 1.82) is 5.26 Å². The first-order valence-electron chi connectivity index (χ1n) is 11.3. The van der Waals surface area contributed by atoms with Gasteiger partial charge >= 0.3 is 0 Å². The van der Waals surface area contributed by atoms with Gasteiger partial charge in [0.05, 0.1) is 17.4 Å². The highest BCUT2D eigenvalue weighted by Crippen LogP contribution is 2.36. The smallest absolute Gasteiger partial charge is 0.258 e. The monoisotopic (exact) mass is 480 g/mol. The molecule has 0 saturated carbocycles. The Labute approximate surface area is 199 Å². The lowest BCUT2D eigenvalue weighted by atomic mass is 9.84. The van der Waals surface area contributed by atoms with Crippen LogP contribution in [-0.4, -0.2) is 43.2 Å². The van der Waals surface area contributed by atoms with Gasteiger partial charge in [0.25, 0.3) is 5.89 Å². The first-order chi connectivity index (χ1) is 16.2. The predicted octanol–water partition coefficient (Wildman–Crippen LogP) is 4.07. The van der Waals surface area contributed by atoms with Crippen LogP contribution in [-0.2, 0) is 16.3 Å². The molecular formula is C25H28N4O4S. The fourth-order valence-electron chi connectivity index (χ4n) is 4.25. The normalized spacial score (nSPS) is 15.7. The number of aromatic nitrogens is 2. The predicted molar refractivity (Wildman–Crippen MR) is 129 cm³/mol. The Morgan fingerprint density at radius 2 is 2.12 bits per heavy atom. The lowest BCUT2D eigenvalue weighted by molar-refractivity contribution is 0.241.